The van der Waals surface area contributed by atoms with Crippen LogP contribution in [0.1, 0.15) is 0 Å². The number of primary amides is 1. The molecule has 0 saturated carbocycles. The van der Waals surface area contributed by atoms with Crippen LogP contribution in [0.5, 0.6) is 0 Å². The lowest BCUT2D eigenvalue weighted by Gasteiger charge is -2.23. The van der Waals surface area contributed by atoms with Crippen molar-refractivity contribution in [1.29, 1.82) is 0 Å². The first kappa shape index (κ1) is 12.3. The highest BCUT2D eigenvalue weighted by atomic mass is 16.4. The fourth-order valence-electron chi connectivity index (χ4n) is 0.691. The van der Waals surface area contributed by atoms with Gasteiger partial charge in [-0.15, -0.1) is 0 Å². The molecule has 13 heavy (non-hydrogen) atoms. The molecule has 0 aliphatic carbocycles. The van der Waals surface area contributed by atoms with Crippen LogP contribution in [0.15, 0.2) is 0 Å². The Hall–Kier alpha value is -0.730. The molecule has 1 amide bonds. The molecule has 0 aromatic carbocycles. The molecule has 78 valence electrons. The summed E-state index contributed by atoms with van der Waals surface area (Å²) in [5.41, 5.74) is 4.61. The molecule has 4 atom stereocenters. The van der Waals surface area contributed by atoms with E-state index in [4.69, 9.17) is 25.5 Å². The van der Waals surface area contributed by atoms with Gasteiger partial charge < -0.3 is 31.3 Å². The zero-order valence-electron chi connectivity index (χ0n) is 6.74. The number of hydrogen-bond acceptors (Lipinski definition) is 6. The molecular formula is C6H13NO6. The number of rotatable bonds is 5. The SMILES string of the molecule is NC(=O)[C@H](O)[C@@H](O)[C@@H](O)[C@H](O)CO. The van der Waals surface area contributed by atoms with Gasteiger partial charge in [-0.2, -0.15) is 0 Å². The minimum Gasteiger partial charge on any atom is -0.394 e. The molecule has 0 aliphatic rings. The summed E-state index contributed by atoms with van der Waals surface area (Å²) in [5.74, 6) is -1.23. The molecule has 0 aliphatic heterocycles. The third-order valence-corrected chi connectivity index (χ3v) is 1.55. The van der Waals surface area contributed by atoms with Crippen LogP contribution in [0.4, 0.5) is 0 Å². The zero-order chi connectivity index (χ0) is 10.6. The van der Waals surface area contributed by atoms with Crippen molar-refractivity contribution in [3.8, 4) is 0 Å². The Morgan fingerprint density at radius 3 is 1.92 bits per heavy atom. The fraction of sp³-hybridized carbons (Fsp3) is 0.833. The van der Waals surface area contributed by atoms with Crippen molar-refractivity contribution < 1.29 is 30.3 Å². The zero-order valence-corrected chi connectivity index (χ0v) is 6.74. The van der Waals surface area contributed by atoms with E-state index in [1.807, 2.05) is 0 Å². The third-order valence-electron chi connectivity index (χ3n) is 1.55. The number of aliphatic hydroxyl groups is 5. The Morgan fingerprint density at radius 1 is 1.15 bits per heavy atom. The second-order valence-electron chi connectivity index (χ2n) is 2.58. The topological polar surface area (TPSA) is 144 Å². The van der Waals surface area contributed by atoms with Crippen LogP contribution in [0.3, 0.4) is 0 Å². The molecule has 0 aromatic rings. The van der Waals surface area contributed by atoms with Crippen LogP contribution in [-0.2, 0) is 4.79 Å². The molecule has 0 aromatic heterocycles. The van der Waals surface area contributed by atoms with Crippen LogP contribution in [0, 0.1) is 0 Å². The molecule has 0 saturated heterocycles. The van der Waals surface area contributed by atoms with E-state index < -0.39 is 36.9 Å². The van der Waals surface area contributed by atoms with Crippen LogP contribution in [-0.4, -0.2) is 62.5 Å². The summed E-state index contributed by atoms with van der Waals surface area (Å²) >= 11 is 0. The summed E-state index contributed by atoms with van der Waals surface area (Å²) in [6, 6.07) is 0. The highest BCUT2D eigenvalue weighted by Crippen LogP contribution is 2.04. The van der Waals surface area contributed by atoms with Gasteiger partial charge in [-0.3, -0.25) is 4.79 Å². The van der Waals surface area contributed by atoms with Gasteiger partial charge in [0.1, 0.15) is 18.3 Å². The van der Waals surface area contributed by atoms with Gasteiger partial charge >= 0.3 is 0 Å². The Balaban J connectivity index is 4.24. The lowest BCUT2D eigenvalue weighted by Crippen LogP contribution is -2.50. The van der Waals surface area contributed by atoms with Gasteiger partial charge in [-0.1, -0.05) is 0 Å². The Labute approximate surface area is 74.0 Å². The standard InChI is InChI=1S/C6H13NO6/c7-6(13)5(12)4(11)3(10)2(9)1-8/h2-5,8-12H,1H2,(H2,7,13)/t2-,3+,4+,5-/m1/s1. The van der Waals surface area contributed by atoms with Crippen molar-refractivity contribution in [2.75, 3.05) is 6.61 Å². The van der Waals surface area contributed by atoms with E-state index in [9.17, 15) is 4.79 Å². The van der Waals surface area contributed by atoms with Crippen molar-refractivity contribution in [2.45, 2.75) is 24.4 Å². The maximum atomic E-state index is 10.3. The summed E-state index contributed by atoms with van der Waals surface area (Å²) in [7, 11) is 0. The molecule has 0 fully saturated rings. The van der Waals surface area contributed by atoms with E-state index in [2.05, 4.69) is 5.73 Å². The first-order valence-corrected chi connectivity index (χ1v) is 3.54. The molecule has 0 heterocycles. The minimum absolute atomic E-state index is 0.802. The van der Waals surface area contributed by atoms with Gasteiger partial charge in [0.15, 0.2) is 6.10 Å². The number of nitrogens with two attached hydrogens (primary N) is 1. The smallest absolute Gasteiger partial charge is 0.249 e. The van der Waals surface area contributed by atoms with E-state index in [1.165, 1.54) is 0 Å². The molecule has 7 heteroatoms. The highest BCUT2D eigenvalue weighted by molar-refractivity contribution is 5.79. The summed E-state index contributed by atoms with van der Waals surface area (Å²) in [5, 5.41) is 44.0. The average Bonchev–Trinajstić information content (AvgIpc) is 2.12. The molecule has 7 nitrogen and oxygen atoms in total. The Kier molecular flexibility index (Phi) is 4.81. The summed E-state index contributed by atoms with van der Waals surface area (Å²) in [6.07, 6.45) is -7.35. The normalized spacial score (nSPS) is 20.4. The molecule has 0 rings (SSSR count). The van der Waals surface area contributed by atoms with Crippen molar-refractivity contribution >= 4 is 5.91 Å². The maximum absolute atomic E-state index is 10.3. The van der Waals surface area contributed by atoms with Gasteiger partial charge in [-0.05, 0) is 0 Å². The second kappa shape index (κ2) is 5.10. The predicted molar refractivity (Wildman–Crippen MR) is 40.3 cm³/mol. The molecular weight excluding hydrogens is 182 g/mol. The lowest BCUT2D eigenvalue weighted by atomic mass is 10.0. The molecule has 7 N–H and O–H groups in total. The first-order chi connectivity index (χ1) is 5.91. The number of amides is 1. The van der Waals surface area contributed by atoms with Crippen molar-refractivity contribution in [1.82, 2.24) is 0 Å². The summed E-state index contributed by atoms with van der Waals surface area (Å²) < 4.78 is 0. The lowest BCUT2D eigenvalue weighted by molar-refractivity contribution is -0.146. The van der Waals surface area contributed by atoms with Gasteiger partial charge in [-0.25, -0.2) is 0 Å². The van der Waals surface area contributed by atoms with Crippen LogP contribution in [0.25, 0.3) is 0 Å². The molecule has 0 bridgehead atoms. The van der Waals surface area contributed by atoms with E-state index in [-0.39, 0.29) is 0 Å². The minimum atomic E-state index is -1.98. The van der Waals surface area contributed by atoms with E-state index in [1.54, 1.807) is 0 Å². The highest BCUT2D eigenvalue weighted by Gasteiger charge is 2.32. The van der Waals surface area contributed by atoms with Gasteiger partial charge in [0.2, 0.25) is 5.91 Å². The number of carbonyl (C=O) groups is 1. The summed E-state index contributed by atoms with van der Waals surface area (Å²) in [6.45, 7) is -0.802. The van der Waals surface area contributed by atoms with Crippen molar-refractivity contribution in [3.63, 3.8) is 0 Å². The first-order valence-electron chi connectivity index (χ1n) is 3.54. The quantitative estimate of drug-likeness (QED) is 0.263. The van der Waals surface area contributed by atoms with E-state index in [0.29, 0.717) is 0 Å². The monoisotopic (exact) mass is 195 g/mol. The largest absolute Gasteiger partial charge is 0.394 e. The number of aliphatic hydroxyl groups excluding tert-OH is 5. The fourth-order valence-corrected chi connectivity index (χ4v) is 0.691. The van der Waals surface area contributed by atoms with E-state index >= 15 is 0 Å². The van der Waals surface area contributed by atoms with Crippen LogP contribution < -0.4 is 5.73 Å². The maximum Gasteiger partial charge on any atom is 0.249 e. The van der Waals surface area contributed by atoms with E-state index in [0.717, 1.165) is 0 Å². The molecule has 0 radical (unpaired) electrons. The van der Waals surface area contributed by atoms with Gasteiger partial charge in [0.05, 0.1) is 6.61 Å². The van der Waals surface area contributed by atoms with Crippen LogP contribution in [0.2, 0.25) is 0 Å². The van der Waals surface area contributed by atoms with Crippen molar-refractivity contribution in [2.24, 2.45) is 5.73 Å². The van der Waals surface area contributed by atoms with Gasteiger partial charge in [0, 0.05) is 0 Å². The number of carbonyl (C=O) groups excluding carboxylic acids is 1. The molecule has 0 spiro atoms. The van der Waals surface area contributed by atoms with Crippen molar-refractivity contribution in [3.05, 3.63) is 0 Å². The second-order valence-corrected chi connectivity index (χ2v) is 2.58. The Bertz CT molecular complexity index is 175. The average molecular weight is 195 g/mol. The molecule has 0 unspecified atom stereocenters. The third kappa shape index (κ3) is 3.25. The summed E-state index contributed by atoms with van der Waals surface area (Å²) in [4.78, 5) is 10.3. The predicted octanol–water partition coefficient (Wildman–Crippen LogP) is -4.09. The number of hydrogen-bond donors (Lipinski definition) is 6. The van der Waals surface area contributed by atoms with Gasteiger partial charge in [0.25, 0.3) is 0 Å². The van der Waals surface area contributed by atoms with Crippen LogP contribution >= 0.6 is 0 Å². The Morgan fingerprint density at radius 2 is 1.62 bits per heavy atom.